The van der Waals surface area contributed by atoms with Gasteiger partial charge in [-0.1, -0.05) is 28.1 Å². The van der Waals surface area contributed by atoms with Crippen LogP contribution in [0.4, 0.5) is 0 Å². The molecule has 19 heavy (non-hydrogen) atoms. The average Bonchev–Trinajstić information content (AvgIpc) is 2.36. The van der Waals surface area contributed by atoms with E-state index in [2.05, 4.69) is 20.9 Å². The molecule has 100 valence electrons. The minimum Gasteiger partial charge on any atom is -0.473 e. The first-order chi connectivity index (χ1) is 8.95. The fourth-order valence-electron chi connectivity index (χ4n) is 1.40. The first-order valence-electron chi connectivity index (χ1n) is 5.31. The third-order valence-corrected chi connectivity index (χ3v) is 3.71. The molecule has 0 spiro atoms. The van der Waals surface area contributed by atoms with Crippen molar-refractivity contribution in [2.24, 2.45) is 5.14 Å². The van der Waals surface area contributed by atoms with E-state index in [0.29, 0.717) is 12.5 Å². The lowest BCUT2D eigenvalue weighted by Gasteiger charge is -2.06. The van der Waals surface area contributed by atoms with E-state index in [0.717, 1.165) is 10.0 Å². The van der Waals surface area contributed by atoms with Crippen LogP contribution in [0.5, 0.6) is 5.88 Å². The van der Waals surface area contributed by atoms with Crippen molar-refractivity contribution in [3.8, 4) is 5.88 Å². The van der Waals surface area contributed by atoms with Gasteiger partial charge in [-0.15, -0.1) is 0 Å². The number of nitrogens with two attached hydrogens (primary N) is 1. The molecule has 7 heteroatoms. The molecule has 0 aliphatic carbocycles. The summed E-state index contributed by atoms with van der Waals surface area (Å²) in [5.41, 5.74) is 0.978. The maximum Gasteiger partial charge on any atom is 0.239 e. The Morgan fingerprint density at radius 2 is 2.05 bits per heavy atom. The van der Waals surface area contributed by atoms with Crippen LogP contribution in [0.1, 0.15) is 5.56 Å². The van der Waals surface area contributed by atoms with E-state index in [4.69, 9.17) is 9.88 Å². The summed E-state index contributed by atoms with van der Waals surface area (Å²) < 4.78 is 28.5. The predicted molar refractivity (Wildman–Crippen MR) is 74.1 cm³/mol. The summed E-state index contributed by atoms with van der Waals surface area (Å²) in [6.45, 7) is 0.348. The molecule has 2 rings (SSSR count). The second-order valence-corrected chi connectivity index (χ2v) is 6.27. The molecule has 0 aliphatic heterocycles. The van der Waals surface area contributed by atoms with Crippen LogP contribution in [0.2, 0.25) is 0 Å². The van der Waals surface area contributed by atoms with E-state index in [9.17, 15) is 8.42 Å². The lowest BCUT2D eigenvalue weighted by molar-refractivity contribution is 0.293. The van der Waals surface area contributed by atoms with Crippen molar-refractivity contribution >= 4 is 26.0 Å². The number of primary sulfonamides is 1. The molecule has 2 aromatic rings. The van der Waals surface area contributed by atoms with Gasteiger partial charge in [0.2, 0.25) is 15.9 Å². The van der Waals surface area contributed by atoms with Gasteiger partial charge in [-0.3, -0.25) is 0 Å². The highest BCUT2D eigenvalue weighted by atomic mass is 79.9. The standard InChI is InChI=1S/C12H11BrN2O3S/c13-10-3-1-2-9(6-10)8-18-12-5-4-11(7-15-12)19(14,16)17/h1-7H,8H2,(H2,14,16,17). The minimum atomic E-state index is -3.72. The van der Waals surface area contributed by atoms with Crippen molar-refractivity contribution in [2.75, 3.05) is 0 Å². The molecule has 0 atom stereocenters. The van der Waals surface area contributed by atoms with E-state index < -0.39 is 10.0 Å². The summed E-state index contributed by atoms with van der Waals surface area (Å²) in [6.07, 6.45) is 1.17. The summed E-state index contributed by atoms with van der Waals surface area (Å²) in [6, 6.07) is 10.5. The molecule has 0 saturated heterocycles. The first kappa shape index (κ1) is 14.0. The molecule has 5 nitrogen and oxygen atoms in total. The lowest BCUT2D eigenvalue weighted by atomic mass is 10.2. The quantitative estimate of drug-likeness (QED) is 0.921. The van der Waals surface area contributed by atoms with Gasteiger partial charge < -0.3 is 4.74 Å². The van der Waals surface area contributed by atoms with Gasteiger partial charge in [-0.2, -0.15) is 0 Å². The fraction of sp³-hybridized carbons (Fsp3) is 0.0833. The molecular weight excluding hydrogens is 332 g/mol. The van der Waals surface area contributed by atoms with Crippen molar-refractivity contribution in [1.29, 1.82) is 0 Å². The van der Waals surface area contributed by atoms with Gasteiger partial charge in [0.1, 0.15) is 11.5 Å². The molecular formula is C12H11BrN2O3S. The summed E-state index contributed by atoms with van der Waals surface area (Å²) >= 11 is 3.37. The highest BCUT2D eigenvalue weighted by Crippen LogP contribution is 2.15. The number of hydrogen-bond acceptors (Lipinski definition) is 4. The number of benzene rings is 1. The monoisotopic (exact) mass is 342 g/mol. The molecule has 1 aromatic heterocycles. The molecule has 0 aliphatic rings. The van der Waals surface area contributed by atoms with Crippen LogP contribution >= 0.6 is 15.9 Å². The zero-order chi connectivity index (χ0) is 13.9. The van der Waals surface area contributed by atoms with Crippen LogP contribution in [-0.4, -0.2) is 13.4 Å². The van der Waals surface area contributed by atoms with Crippen molar-refractivity contribution in [3.05, 3.63) is 52.6 Å². The van der Waals surface area contributed by atoms with Gasteiger partial charge in [0.25, 0.3) is 0 Å². The highest BCUT2D eigenvalue weighted by Gasteiger charge is 2.08. The number of halogens is 1. The van der Waals surface area contributed by atoms with Crippen LogP contribution in [0.3, 0.4) is 0 Å². The van der Waals surface area contributed by atoms with E-state index in [-0.39, 0.29) is 4.90 Å². The second-order valence-electron chi connectivity index (χ2n) is 3.80. The third kappa shape index (κ3) is 4.02. The largest absolute Gasteiger partial charge is 0.473 e. The zero-order valence-electron chi connectivity index (χ0n) is 9.78. The Kier molecular flexibility index (Phi) is 4.18. The molecule has 0 amide bonds. The zero-order valence-corrected chi connectivity index (χ0v) is 12.2. The van der Waals surface area contributed by atoms with Crippen LogP contribution in [0.25, 0.3) is 0 Å². The van der Waals surface area contributed by atoms with Gasteiger partial charge in [0.15, 0.2) is 0 Å². The van der Waals surface area contributed by atoms with Gasteiger partial charge >= 0.3 is 0 Å². The van der Waals surface area contributed by atoms with Gasteiger partial charge in [-0.05, 0) is 23.8 Å². The number of pyridine rings is 1. The van der Waals surface area contributed by atoms with E-state index in [1.165, 1.54) is 18.3 Å². The molecule has 2 N–H and O–H groups in total. The molecule has 0 unspecified atom stereocenters. The van der Waals surface area contributed by atoms with E-state index in [1.54, 1.807) is 0 Å². The molecule has 0 fully saturated rings. The molecule has 0 saturated carbocycles. The molecule has 0 bridgehead atoms. The van der Waals surface area contributed by atoms with E-state index in [1.807, 2.05) is 24.3 Å². The second kappa shape index (κ2) is 5.68. The third-order valence-electron chi connectivity index (χ3n) is 2.31. The normalized spacial score (nSPS) is 11.3. The van der Waals surface area contributed by atoms with Crippen molar-refractivity contribution in [1.82, 2.24) is 4.98 Å². The van der Waals surface area contributed by atoms with Crippen molar-refractivity contribution in [3.63, 3.8) is 0 Å². The number of hydrogen-bond donors (Lipinski definition) is 1. The predicted octanol–water partition coefficient (Wildman–Crippen LogP) is 2.07. The Morgan fingerprint density at radius 1 is 1.26 bits per heavy atom. The van der Waals surface area contributed by atoms with Crippen LogP contribution in [0, 0.1) is 0 Å². The Bertz CT molecular complexity index is 672. The maximum absolute atomic E-state index is 11.1. The summed E-state index contributed by atoms with van der Waals surface area (Å²) in [4.78, 5) is 3.85. The highest BCUT2D eigenvalue weighted by molar-refractivity contribution is 9.10. The van der Waals surface area contributed by atoms with Crippen molar-refractivity contribution < 1.29 is 13.2 Å². The summed E-state index contributed by atoms with van der Waals surface area (Å²) in [5, 5.41) is 4.97. The van der Waals surface area contributed by atoms with Gasteiger partial charge in [-0.25, -0.2) is 18.5 Å². The number of rotatable bonds is 4. The molecule has 0 radical (unpaired) electrons. The SMILES string of the molecule is NS(=O)(=O)c1ccc(OCc2cccc(Br)c2)nc1. The topological polar surface area (TPSA) is 82.3 Å². The average molecular weight is 343 g/mol. The summed E-state index contributed by atoms with van der Waals surface area (Å²) in [7, 11) is -3.72. The van der Waals surface area contributed by atoms with Crippen LogP contribution in [0.15, 0.2) is 52.0 Å². The Balaban J connectivity index is 2.05. The Labute approximate surface area is 119 Å². The number of ether oxygens (including phenoxy) is 1. The molecule has 1 aromatic carbocycles. The van der Waals surface area contributed by atoms with E-state index >= 15 is 0 Å². The Hall–Kier alpha value is -1.44. The van der Waals surface area contributed by atoms with Crippen LogP contribution in [-0.2, 0) is 16.6 Å². The first-order valence-corrected chi connectivity index (χ1v) is 7.65. The number of sulfonamides is 1. The Morgan fingerprint density at radius 3 is 2.63 bits per heavy atom. The summed E-state index contributed by atoms with van der Waals surface area (Å²) in [5.74, 6) is 0.340. The number of aromatic nitrogens is 1. The van der Waals surface area contributed by atoms with Crippen molar-refractivity contribution in [2.45, 2.75) is 11.5 Å². The van der Waals surface area contributed by atoms with Gasteiger partial charge in [0, 0.05) is 10.5 Å². The van der Waals surface area contributed by atoms with Gasteiger partial charge in [0.05, 0.1) is 6.20 Å². The fourth-order valence-corrected chi connectivity index (χ4v) is 2.31. The van der Waals surface area contributed by atoms with Crippen LogP contribution < -0.4 is 9.88 Å². The maximum atomic E-state index is 11.1. The minimum absolute atomic E-state index is 0.0395. The number of nitrogens with zero attached hydrogens (tertiary/aromatic N) is 1. The molecule has 1 heterocycles. The smallest absolute Gasteiger partial charge is 0.239 e. The lowest BCUT2D eigenvalue weighted by Crippen LogP contribution is -2.12.